The smallest absolute Gasteiger partial charge is 0.127 e. The van der Waals surface area contributed by atoms with Crippen molar-refractivity contribution < 1.29 is 9.13 Å². The molecule has 0 saturated heterocycles. The molecule has 0 aliphatic heterocycles. The van der Waals surface area contributed by atoms with Crippen LogP contribution in [0.25, 0.3) is 0 Å². The van der Waals surface area contributed by atoms with Gasteiger partial charge in [-0.25, -0.2) is 4.39 Å². The Kier molecular flexibility index (Phi) is 7.49. The lowest BCUT2D eigenvalue weighted by Gasteiger charge is -2.14. The van der Waals surface area contributed by atoms with Crippen molar-refractivity contribution in [2.24, 2.45) is 5.92 Å². The second-order valence-electron chi connectivity index (χ2n) is 4.97. The summed E-state index contributed by atoms with van der Waals surface area (Å²) >= 11 is 0. The normalized spacial score (nSPS) is 11.0. The Morgan fingerprint density at radius 2 is 1.89 bits per heavy atom. The highest BCUT2D eigenvalue weighted by Gasteiger charge is 2.06. The zero-order chi connectivity index (χ0) is 14.1. The fourth-order valence-electron chi connectivity index (χ4n) is 1.95. The van der Waals surface area contributed by atoms with Crippen LogP contribution in [0, 0.1) is 11.7 Å². The molecule has 1 aromatic carbocycles. The average Bonchev–Trinajstić information content (AvgIpc) is 2.40. The number of hydrogen-bond acceptors (Lipinski definition) is 2. The second kappa shape index (κ2) is 8.92. The topological polar surface area (TPSA) is 21.3 Å². The maximum Gasteiger partial charge on any atom is 0.127 e. The average molecular weight is 267 g/mol. The minimum atomic E-state index is -0.227. The highest BCUT2D eigenvalue weighted by molar-refractivity contribution is 5.29. The maximum atomic E-state index is 13.5. The first-order chi connectivity index (χ1) is 9.19. The third kappa shape index (κ3) is 6.06. The molecule has 0 fully saturated rings. The van der Waals surface area contributed by atoms with Crippen LogP contribution in [0.15, 0.2) is 18.2 Å². The van der Waals surface area contributed by atoms with Crippen LogP contribution in [0.5, 0.6) is 5.75 Å². The van der Waals surface area contributed by atoms with Crippen LogP contribution in [0.4, 0.5) is 4.39 Å². The molecule has 0 amide bonds. The third-order valence-electron chi connectivity index (χ3n) is 3.33. The largest absolute Gasteiger partial charge is 0.493 e. The number of halogens is 1. The van der Waals surface area contributed by atoms with Gasteiger partial charge in [0.1, 0.15) is 11.6 Å². The molecule has 0 heterocycles. The highest BCUT2D eigenvalue weighted by Crippen LogP contribution is 2.18. The Labute approximate surface area is 116 Å². The van der Waals surface area contributed by atoms with Crippen molar-refractivity contribution in [3.63, 3.8) is 0 Å². The van der Waals surface area contributed by atoms with Gasteiger partial charge in [0.25, 0.3) is 0 Å². The molecular weight excluding hydrogens is 241 g/mol. The molecule has 0 bridgehead atoms. The monoisotopic (exact) mass is 267 g/mol. The van der Waals surface area contributed by atoms with Gasteiger partial charge in [0, 0.05) is 12.6 Å². The Hall–Kier alpha value is -1.09. The molecule has 0 spiro atoms. The lowest BCUT2D eigenvalue weighted by atomic mass is 10.1. The third-order valence-corrected chi connectivity index (χ3v) is 3.33. The molecule has 108 valence electrons. The molecule has 0 saturated carbocycles. The molecule has 1 rings (SSSR count). The van der Waals surface area contributed by atoms with Gasteiger partial charge in [-0.1, -0.05) is 33.6 Å². The van der Waals surface area contributed by atoms with Crippen LogP contribution in [0.2, 0.25) is 0 Å². The first kappa shape index (κ1) is 16.0. The molecule has 0 aromatic heterocycles. The van der Waals surface area contributed by atoms with Crippen molar-refractivity contribution in [1.82, 2.24) is 5.32 Å². The van der Waals surface area contributed by atoms with Crippen LogP contribution >= 0.6 is 0 Å². The zero-order valence-electron chi connectivity index (χ0n) is 12.3. The summed E-state index contributed by atoms with van der Waals surface area (Å²) in [5, 5.41) is 3.27. The van der Waals surface area contributed by atoms with E-state index in [1.54, 1.807) is 6.07 Å². The zero-order valence-corrected chi connectivity index (χ0v) is 12.3. The van der Waals surface area contributed by atoms with Gasteiger partial charge >= 0.3 is 0 Å². The Bertz CT molecular complexity index is 364. The van der Waals surface area contributed by atoms with E-state index < -0.39 is 0 Å². The first-order valence-corrected chi connectivity index (χ1v) is 7.32. The van der Waals surface area contributed by atoms with Gasteiger partial charge in [0.15, 0.2) is 0 Å². The van der Waals surface area contributed by atoms with E-state index in [0.29, 0.717) is 24.8 Å². The van der Waals surface area contributed by atoms with E-state index in [1.165, 1.54) is 6.07 Å². The number of hydrogen-bond donors (Lipinski definition) is 1. The Morgan fingerprint density at radius 3 is 2.53 bits per heavy atom. The van der Waals surface area contributed by atoms with Gasteiger partial charge in [-0.2, -0.15) is 0 Å². The minimum absolute atomic E-state index is 0.227. The number of benzene rings is 1. The molecule has 0 aliphatic carbocycles. The van der Waals surface area contributed by atoms with E-state index in [2.05, 4.69) is 26.1 Å². The SMILES string of the molecule is CCCNCc1cc(F)cc(OCC(CC)CC)c1. The van der Waals surface area contributed by atoms with E-state index in [4.69, 9.17) is 4.74 Å². The lowest BCUT2D eigenvalue weighted by molar-refractivity contribution is 0.239. The Balaban J connectivity index is 2.57. The molecule has 1 N–H and O–H groups in total. The molecule has 0 atom stereocenters. The number of rotatable bonds is 9. The van der Waals surface area contributed by atoms with Gasteiger partial charge < -0.3 is 10.1 Å². The van der Waals surface area contributed by atoms with Crippen molar-refractivity contribution in [3.8, 4) is 5.75 Å². The van der Waals surface area contributed by atoms with Crippen LogP contribution in [-0.4, -0.2) is 13.2 Å². The highest BCUT2D eigenvalue weighted by atomic mass is 19.1. The lowest BCUT2D eigenvalue weighted by Crippen LogP contribution is -2.14. The van der Waals surface area contributed by atoms with Gasteiger partial charge in [0.05, 0.1) is 6.61 Å². The molecule has 2 nitrogen and oxygen atoms in total. The van der Waals surface area contributed by atoms with Crippen LogP contribution < -0.4 is 10.1 Å². The molecule has 0 radical (unpaired) electrons. The van der Waals surface area contributed by atoms with Gasteiger partial charge in [0.2, 0.25) is 0 Å². The predicted octanol–water partition coefficient (Wildman–Crippen LogP) is 4.14. The quantitative estimate of drug-likeness (QED) is 0.679. The fraction of sp³-hybridized carbons (Fsp3) is 0.625. The van der Waals surface area contributed by atoms with Crippen molar-refractivity contribution in [3.05, 3.63) is 29.6 Å². The van der Waals surface area contributed by atoms with E-state index >= 15 is 0 Å². The van der Waals surface area contributed by atoms with Gasteiger partial charge in [-0.05, 0) is 36.6 Å². The van der Waals surface area contributed by atoms with Crippen molar-refractivity contribution >= 4 is 0 Å². The minimum Gasteiger partial charge on any atom is -0.493 e. The van der Waals surface area contributed by atoms with Crippen LogP contribution in [0.3, 0.4) is 0 Å². The Morgan fingerprint density at radius 1 is 1.16 bits per heavy atom. The van der Waals surface area contributed by atoms with Gasteiger partial charge in [-0.3, -0.25) is 0 Å². The molecule has 0 aliphatic rings. The number of nitrogens with one attached hydrogen (secondary N) is 1. The summed E-state index contributed by atoms with van der Waals surface area (Å²) < 4.78 is 19.2. The van der Waals surface area contributed by atoms with Gasteiger partial charge in [-0.15, -0.1) is 0 Å². The molecule has 0 unspecified atom stereocenters. The molecular formula is C16H26FNO. The van der Waals surface area contributed by atoms with Crippen molar-refractivity contribution in [1.29, 1.82) is 0 Å². The summed E-state index contributed by atoms with van der Waals surface area (Å²) in [7, 11) is 0. The molecule has 3 heteroatoms. The molecule has 1 aromatic rings. The summed E-state index contributed by atoms with van der Waals surface area (Å²) in [6.07, 6.45) is 3.26. The van der Waals surface area contributed by atoms with Crippen LogP contribution in [0.1, 0.15) is 45.6 Å². The summed E-state index contributed by atoms with van der Waals surface area (Å²) in [4.78, 5) is 0. The van der Waals surface area contributed by atoms with E-state index in [1.807, 2.05) is 6.07 Å². The summed E-state index contributed by atoms with van der Waals surface area (Å²) in [5.74, 6) is 0.959. The van der Waals surface area contributed by atoms with E-state index in [-0.39, 0.29) is 5.82 Å². The second-order valence-corrected chi connectivity index (χ2v) is 4.97. The fourth-order valence-corrected chi connectivity index (χ4v) is 1.95. The number of ether oxygens (including phenoxy) is 1. The summed E-state index contributed by atoms with van der Waals surface area (Å²) in [6, 6.07) is 4.95. The maximum absolute atomic E-state index is 13.5. The van der Waals surface area contributed by atoms with Crippen LogP contribution in [-0.2, 0) is 6.54 Å². The summed E-state index contributed by atoms with van der Waals surface area (Å²) in [6.45, 7) is 8.72. The standard InChI is InChI=1S/C16H26FNO/c1-4-7-18-11-14-8-15(17)10-16(9-14)19-12-13(5-2)6-3/h8-10,13,18H,4-7,11-12H2,1-3H3. The predicted molar refractivity (Wildman–Crippen MR) is 78.0 cm³/mol. The van der Waals surface area contributed by atoms with Crippen molar-refractivity contribution in [2.75, 3.05) is 13.2 Å². The first-order valence-electron chi connectivity index (χ1n) is 7.32. The van der Waals surface area contributed by atoms with E-state index in [9.17, 15) is 4.39 Å². The van der Waals surface area contributed by atoms with E-state index in [0.717, 1.165) is 31.4 Å². The molecule has 19 heavy (non-hydrogen) atoms. The van der Waals surface area contributed by atoms with Crippen molar-refractivity contribution in [2.45, 2.75) is 46.6 Å². The summed E-state index contributed by atoms with van der Waals surface area (Å²) in [5.41, 5.74) is 0.938.